The van der Waals surface area contributed by atoms with Gasteiger partial charge in [-0.3, -0.25) is 0 Å². The summed E-state index contributed by atoms with van der Waals surface area (Å²) in [6, 6.07) is 17.3. The van der Waals surface area contributed by atoms with Crippen molar-refractivity contribution in [1.29, 1.82) is 0 Å². The molecule has 0 fully saturated rings. The molecule has 0 unspecified atom stereocenters. The van der Waals surface area contributed by atoms with Gasteiger partial charge in [0.25, 0.3) is 0 Å². The van der Waals surface area contributed by atoms with Gasteiger partial charge in [0, 0.05) is 65.6 Å². The molecule has 0 atom stereocenters. The van der Waals surface area contributed by atoms with E-state index in [-0.39, 0.29) is 0 Å². The SMILES string of the molecule is Cc1noc2c1-c1ccccc1N(C(C)C)CC2.Cc1noc2c1-c1ccccc1NCC2. The summed E-state index contributed by atoms with van der Waals surface area (Å²) in [5.41, 5.74) is 9.22. The van der Waals surface area contributed by atoms with Crippen molar-refractivity contribution in [2.45, 2.75) is 46.6 Å². The lowest BCUT2D eigenvalue weighted by molar-refractivity contribution is 0.380. The van der Waals surface area contributed by atoms with Gasteiger partial charge < -0.3 is 19.3 Å². The molecule has 2 aliphatic heterocycles. The Bertz CT molecular complexity index is 1270. The summed E-state index contributed by atoms with van der Waals surface area (Å²) >= 11 is 0. The molecule has 4 aromatic rings. The molecule has 33 heavy (non-hydrogen) atoms. The number of fused-ring (bicyclic) bond motifs is 6. The number of aromatic nitrogens is 2. The first-order valence-electron chi connectivity index (χ1n) is 11.6. The van der Waals surface area contributed by atoms with Gasteiger partial charge in [-0.2, -0.15) is 0 Å². The number of para-hydroxylation sites is 2. The number of aryl methyl sites for hydroxylation is 2. The molecule has 0 bridgehead atoms. The predicted molar refractivity (Wildman–Crippen MR) is 132 cm³/mol. The van der Waals surface area contributed by atoms with Crippen LogP contribution in [0.1, 0.15) is 36.8 Å². The third kappa shape index (κ3) is 3.90. The Hall–Kier alpha value is -3.54. The van der Waals surface area contributed by atoms with Crippen LogP contribution >= 0.6 is 0 Å². The Morgan fingerprint density at radius 2 is 1.42 bits per heavy atom. The van der Waals surface area contributed by atoms with Crippen molar-refractivity contribution in [3.8, 4) is 22.3 Å². The smallest absolute Gasteiger partial charge is 0.146 e. The Morgan fingerprint density at radius 1 is 0.818 bits per heavy atom. The van der Waals surface area contributed by atoms with E-state index in [4.69, 9.17) is 9.05 Å². The topological polar surface area (TPSA) is 67.3 Å². The zero-order valence-corrected chi connectivity index (χ0v) is 19.7. The highest BCUT2D eigenvalue weighted by Gasteiger charge is 2.25. The monoisotopic (exact) mass is 442 g/mol. The van der Waals surface area contributed by atoms with Crippen LogP contribution in [0.5, 0.6) is 0 Å². The highest BCUT2D eigenvalue weighted by molar-refractivity contribution is 5.82. The van der Waals surface area contributed by atoms with Crippen LogP contribution in [0.2, 0.25) is 0 Å². The standard InChI is InChI=1S/C15H18N2O.C12H12N2O/c1-10(2)17-9-8-14-15(11(3)16-18-14)12-6-4-5-7-13(12)17;1-8-12-9-4-2-3-5-10(9)13-7-6-11(12)15-14-8/h4-7,10H,8-9H2,1-3H3;2-5,13H,6-7H2,1H3. The summed E-state index contributed by atoms with van der Waals surface area (Å²) < 4.78 is 10.8. The fourth-order valence-corrected chi connectivity index (χ4v) is 4.85. The molecule has 2 aromatic carbocycles. The van der Waals surface area contributed by atoms with Crippen molar-refractivity contribution in [3.63, 3.8) is 0 Å². The summed E-state index contributed by atoms with van der Waals surface area (Å²) in [6.07, 6.45) is 1.81. The highest BCUT2D eigenvalue weighted by Crippen LogP contribution is 2.39. The average Bonchev–Trinajstić information content (AvgIpc) is 3.23. The zero-order valence-electron chi connectivity index (χ0n) is 19.7. The first-order valence-corrected chi connectivity index (χ1v) is 11.6. The van der Waals surface area contributed by atoms with Crippen molar-refractivity contribution in [3.05, 3.63) is 71.4 Å². The van der Waals surface area contributed by atoms with E-state index < -0.39 is 0 Å². The molecule has 0 radical (unpaired) electrons. The predicted octanol–water partition coefficient (Wildman–Crippen LogP) is 6.04. The van der Waals surface area contributed by atoms with Crippen LogP contribution in [-0.2, 0) is 12.8 Å². The quantitative estimate of drug-likeness (QED) is 0.388. The van der Waals surface area contributed by atoms with Crippen molar-refractivity contribution in [1.82, 2.24) is 10.3 Å². The third-order valence-electron chi connectivity index (χ3n) is 6.42. The third-order valence-corrected chi connectivity index (χ3v) is 6.42. The molecule has 0 amide bonds. The molecule has 0 spiro atoms. The van der Waals surface area contributed by atoms with Gasteiger partial charge in [0.05, 0.1) is 11.4 Å². The van der Waals surface area contributed by atoms with Gasteiger partial charge in [0.15, 0.2) is 0 Å². The maximum atomic E-state index is 5.47. The molecule has 6 nitrogen and oxygen atoms in total. The molecule has 0 saturated carbocycles. The van der Waals surface area contributed by atoms with Crippen molar-refractivity contribution >= 4 is 11.4 Å². The molecule has 1 N–H and O–H groups in total. The number of nitrogens with one attached hydrogen (secondary N) is 1. The van der Waals surface area contributed by atoms with E-state index in [2.05, 4.69) is 70.8 Å². The minimum absolute atomic E-state index is 0.489. The molecule has 0 saturated heterocycles. The molecule has 4 heterocycles. The summed E-state index contributed by atoms with van der Waals surface area (Å²) in [5.74, 6) is 2.01. The van der Waals surface area contributed by atoms with Crippen molar-refractivity contribution in [2.75, 3.05) is 23.3 Å². The lowest BCUT2D eigenvalue weighted by atomic mass is 10.0. The van der Waals surface area contributed by atoms with Crippen molar-refractivity contribution in [2.24, 2.45) is 0 Å². The first-order chi connectivity index (χ1) is 16.0. The fourth-order valence-electron chi connectivity index (χ4n) is 4.85. The molecule has 6 heteroatoms. The summed E-state index contributed by atoms with van der Waals surface area (Å²) in [7, 11) is 0. The van der Waals surface area contributed by atoms with Crippen LogP contribution < -0.4 is 10.2 Å². The maximum absolute atomic E-state index is 5.47. The number of anilines is 2. The normalized spacial score (nSPS) is 14.0. The second-order valence-corrected chi connectivity index (χ2v) is 8.91. The van der Waals surface area contributed by atoms with Crippen LogP contribution in [0.3, 0.4) is 0 Å². The minimum atomic E-state index is 0.489. The Labute approximate surface area is 194 Å². The molecular formula is C27H30N4O2. The molecule has 2 aliphatic rings. The number of rotatable bonds is 1. The molecule has 6 rings (SSSR count). The Kier molecular flexibility index (Phi) is 5.67. The van der Waals surface area contributed by atoms with E-state index >= 15 is 0 Å². The Morgan fingerprint density at radius 3 is 2.15 bits per heavy atom. The van der Waals surface area contributed by atoms with Gasteiger partial charge >= 0.3 is 0 Å². The molecule has 170 valence electrons. The first kappa shape index (κ1) is 21.3. The molecule has 2 aromatic heterocycles. The van der Waals surface area contributed by atoms with Gasteiger partial charge in [0.1, 0.15) is 11.5 Å². The second-order valence-electron chi connectivity index (χ2n) is 8.91. The number of hydrogen-bond donors (Lipinski definition) is 1. The van der Waals surface area contributed by atoms with E-state index in [9.17, 15) is 0 Å². The number of nitrogens with zero attached hydrogens (tertiary/aromatic N) is 3. The van der Waals surface area contributed by atoms with Gasteiger partial charge in [-0.1, -0.05) is 46.7 Å². The summed E-state index contributed by atoms with van der Waals surface area (Å²) in [6.45, 7) is 10.4. The average molecular weight is 443 g/mol. The zero-order chi connectivity index (χ0) is 22.9. The fraction of sp³-hybridized carbons (Fsp3) is 0.333. The largest absolute Gasteiger partial charge is 0.384 e. The maximum Gasteiger partial charge on any atom is 0.146 e. The second kappa shape index (κ2) is 8.77. The number of benzene rings is 2. The van der Waals surface area contributed by atoms with E-state index in [0.29, 0.717) is 6.04 Å². The van der Waals surface area contributed by atoms with Gasteiger partial charge in [-0.15, -0.1) is 0 Å². The lowest BCUT2D eigenvalue weighted by Crippen LogP contribution is -2.32. The van der Waals surface area contributed by atoms with Gasteiger partial charge in [-0.05, 0) is 39.8 Å². The van der Waals surface area contributed by atoms with Crippen LogP contribution in [0.25, 0.3) is 22.3 Å². The van der Waals surface area contributed by atoms with Crippen LogP contribution in [-0.4, -0.2) is 29.4 Å². The Balaban J connectivity index is 0.000000140. The van der Waals surface area contributed by atoms with Crippen LogP contribution in [0.15, 0.2) is 57.6 Å². The lowest BCUT2D eigenvalue weighted by Gasteiger charge is -2.28. The molecule has 0 aliphatic carbocycles. The van der Waals surface area contributed by atoms with E-state index in [1.54, 1.807) is 0 Å². The highest BCUT2D eigenvalue weighted by atomic mass is 16.5. The van der Waals surface area contributed by atoms with Gasteiger partial charge in [-0.25, -0.2) is 0 Å². The summed E-state index contributed by atoms with van der Waals surface area (Å²) in [4.78, 5) is 2.43. The number of hydrogen-bond acceptors (Lipinski definition) is 6. The molecular weight excluding hydrogens is 412 g/mol. The minimum Gasteiger partial charge on any atom is -0.384 e. The van der Waals surface area contributed by atoms with Crippen molar-refractivity contribution < 1.29 is 9.05 Å². The van der Waals surface area contributed by atoms with Crippen LogP contribution in [0.4, 0.5) is 11.4 Å². The van der Waals surface area contributed by atoms with E-state index in [1.165, 1.54) is 28.1 Å². The van der Waals surface area contributed by atoms with E-state index in [0.717, 1.165) is 54.4 Å². The van der Waals surface area contributed by atoms with Gasteiger partial charge in [0.2, 0.25) is 0 Å². The van der Waals surface area contributed by atoms with Crippen LogP contribution in [0, 0.1) is 13.8 Å². The van der Waals surface area contributed by atoms with E-state index in [1.807, 2.05) is 26.0 Å². The summed E-state index contributed by atoms with van der Waals surface area (Å²) in [5, 5.41) is 11.5.